The first-order valence-electron chi connectivity index (χ1n) is 5.08. The van der Waals surface area contributed by atoms with Crippen LogP contribution in [0.4, 0.5) is 0 Å². The zero-order chi connectivity index (χ0) is 12.3. The molecule has 16 heavy (non-hydrogen) atoms. The van der Waals surface area contributed by atoms with Gasteiger partial charge in [0.05, 0.1) is 8.66 Å². The molecule has 1 amide bonds. The second-order valence-corrected chi connectivity index (χ2v) is 7.30. The molecule has 1 unspecified atom stereocenters. The van der Waals surface area contributed by atoms with Gasteiger partial charge in [0.2, 0.25) is 0 Å². The molecule has 0 fully saturated rings. The fraction of sp³-hybridized carbons (Fsp3) is 0.545. The number of hydrogen-bond acceptors (Lipinski definition) is 2. The fourth-order valence-corrected chi connectivity index (χ4v) is 3.87. The standard InChI is InChI=1S/C11H15BrINOS/c1-6(2)8(5-13)14-11(15)9-4-7(3)10(12)16-9/h4,6,8H,5H2,1-3H3,(H,14,15). The zero-order valence-corrected chi connectivity index (χ0v) is 14.1. The van der Waals surface area contributed by atoms with E-state index < -0.39 is 0 Å². The van der Waals surface area contributed by atoms with Gasteiger partial charge < -0.3 is 5.32 Å². The number of hydrogen-bond donors (Lipinski definition) is 1. The Kier molecular flexibility index (Phi) is 5.73. The van der Waals surface area contributed by atoms with Crippen molar-refractivity contribution >= 4 is 55.8 Å². The number of rotatable bonds is 4. The lowest BCUT2D eigenvalue weighted by Gasteiger charge is -2.19. The van der Waals surface area contributed by atoms with Crippen molar-refractivity contribution in [1.82, 2.24) is 5.32 Å². The smallest absolute Gasteiger partial charge is 0.261 e. The van der Waals surface area contributed by atoms with Crippen LogP contribution in [0.5, 0.6) is 0 Å². The van der Waals surface area contributed by atoms with Crippen LogP contribution < -0.4 is 5.32 Å². The molecule has 1 aromatic heterocycles. The normalized spacial score (nSPS) is 12.9. The maximum absolute atomic E-state index is 12.0. The lowest BCUT2D eigenvalue weighted by molar-refractivity contribution is 0.0936. The molecule has 0 spiro atoms. The Bertz CT molecular complexity index is 359. The molecule has 2 nitrogen and oxygen atoms in total. The van der Waals surface area contributed by atoms with Gasteiger partial charge in [0.15, 0.2) is 0 Å². The molecule has 1 heterocycles. The van der Waals surface area contributed by atoms with E-state index in [1.807, 2.05) is 13.0 Å². The van der Waals surface area contributed by atoms with Crippen molar-refractivity contribution in [2.75, 3.05) is 4.43 Å². The van der Waals surface area contributed by atoms with Crippen LogP contribution in [-0.4, -0.2) is 16.4 Å². The monoisotopic (exact) mass is 415 g/mol. The summed E-state index contributed by atoms with van der Waals surface area (Å²) in [5.74, 6) is 0.500. The van der Waals surface area contributed by atoms with Gasteiger partial charge in [-0.1, -0.05) is 36.4 Å². The first-order valence-corrected chi connectivity index (χ1v) is 8.22. The topological polar surface area (TPSA) is 29.1 Å². The van der Waals surface area contributed by atoms with E-state index in [-0.39, 0.29) is 11.9 Å². The predicted octanol–water partition coefficient (Wildman–Crippen LogP) is 4.01. The second kappa shape index (κ2) is 6.35. The summed E-state index contributed by atoms with van der Waals surface area (Å²) in [6, 6.07) is 2.17. The van der Waals surface area contributed by atoms with Crippen LogP contribution in [0.3, 0.4) is 0 Å². The highest BCUT2D eigenvalue weighted by Gasteiger charge is 2.17. The highest BCUT2D eigenvalue weighted by atomic mass is 127. The molecule has 5 heteroatoms. The van der Waals surface area contributed by atoms with Crippen LogP contribution in [0.2, 0.25) is 0 Å². The maximum Gasteiger partial charge on any atom is 0.261 e. The minimum atomic E-state index is 0.0363. The Morgan fingerprint density at radius 2 is 2.25 bits per heavy atom. The Hall–Kier alpha value is 0.380. The van der Waals surface area contributed by atoms with Crippen molar-refractivity contribution in [2.45, 2.75) is 26.8 Å². The molecular formula is C11H15BrINOS. The molecule has 0 aliphatic rings. The quantitative estimate of drug-likeness (QED) is 0.584. The number of aryl methyl sites for hydroxylation is 1. The van der Waals surface area contributed by atoms with Gasteiger partial charge in [-0.15, -0.1) is 11.3 Å². The average molecular weight is 416 g/mol. The molecule has 0 aromatic carbocycles. The molecule has 1 rings (SSSR count). The summed E-state index contributed by atoms with van der Waals surface area (Å²) in [6.07, 6.45) is 0. The number of thiophene rings is 1. The lowest BCUT2D eigenvalue weighted by Crippen LogP contribution is -2.39. The van der Waals surface area contributed by atoms with Gasteiger partial charge in [-0.05, 0) is 40.4 Å². The van der Waals surface area contributed by atoms with E-state index in [4.69, 9.17) is 0 Å². The number of nitrogens with one attached hydrogen (secondary N) is 1. The molecule has 0 aliphatic carbocycles. The molecule has 0 aliphatic heterocycles. The molecule has 0 saturated carbocycles. The Morgan fingerprint density at radius 3 is 2.62 bits per heavy atom. The highest BCUT2D eigenvalue weighted by molar-refractivity contribution is 14.1. The third kappa shape index (κ3) is 3.70. The molecular weight excluding hydrogens is 401 g/mol. The van der Waals surface area contributed by atoms with Gasteiger partial charge in [0, 0.05) is 10.5 Å². The zero-order valence-electron chi connectivity index (χ0n) is 9.51. The van der Waals surface area contributed by atoms with Gasteiger partial charge >= 0.3 is 0 Å². The summed E-state index contributed by atoms with van der Waals surface area (Å²) < 4.78 is 1.97. The van der Waals surface area contributed by atoms with Gasteiger partial charge in [-0.3, -0.25) is 4.79 Å². The molecule has 0 bridgehead atoms. The van der Waals surface area contributed by atoms with Crippen LogP contribution in [0.1, 0.15) is 29.1 Å². The minimum absolute atomic E-state index is 0.0363. The first kappa shape index (κ1) is 14.4. The third-order valence-electron chi connectivity index (χ3n) is 2.37. The lowest BCUT2D eigenvalue weighted by atomic mass is 10.1. The maximum atomic E-state index is 12.0. The van der Waals surface area contributed by atoms with Gasteiger partial charge in [-0.2, -0.15) is 0 Å². The summed E-state index contributed by atoms with van der Waals surface area (Å²) in [6.45, 7) is 6.24. The third-order valence-corrected chi connectivity index (χ3v) is 5.45. The van der Waals surface area contributed by atoms with Crippen LogP contribution in [-0.2, 0) is 0 Å². The highest BCUT2D eigenvalue weighted by Crippen LogP contribution is 2.27. The van der Waals surface area contributed by atoms with E-state index in [0.717, 1.165) is 18.7 Å². The fourth-order valence-electron chi connectivity index (χ4n) is 1.19. The van der Waals surface area contributed by atoms with E-state index in [2.05, 4.69) is 57.7 Å². The van der Waals surface area contributed by atoms with Crippen molar-refractivity contribution in [2.24, 2.45) is 5.92 Å². The number of carbonyl (C=O) groups is 1. The van der Waals surface area contributed by atoms with Crippen molar-refractivity contribution in [3.63, 3.8) is 0 Å². The van der Waals surface area contributed by atoms with Crippen molar-refractivity contribution in [1.29, 1.82) is 0 Å². The Labute approximate surface area is 122 Å². The van der Waals surface area contributed by atoms with E-state index in [0.29, 0.717) is 5.92 Å². The summed E-state index contributed by atoms with van der Waals surface area (Å²) >= 11 is 7.23. The second-order valence-electron chi connectivity index (χ2n) is 4.05. The van der Waals surface area contributed by atoms with E-state index in [9.17, 15) is 4.79 Å². The summed E-state index contributed by atoms with van der Waals surface area (Å²) in [5, 5.41) is 3.07. The molecule has 1 aromatic rings. The number of alkyl halides is 1. The Balaban J connectivity index is 2.71. The van der Waals surface area contributed by atoms with Crippen molar-refractivity contribution < 1.29 is 4.79 Å². The summed E-state index contributed by atoms with van der Waals surface area (Å²) in [7, 11) is 0. The molecule has 1 N–H and O–H groups in total. The SMILES string of the molecule is Cc1cc(C(=O)NC(CI)C(C)C)sc1Br. The van der Waals surface area contributed by atoms with E-state index in [1.165, 1.54) is 11.3 Å². The van der Waals surface area contributed by atoms with Crippen molar-refractivity contribution in [3.8, 4) is 0 Å². The largest absolute Gasteiger partial charge is 0.348 e. The number of amides is 1. The van der Waals surface area contributed by atoms with Crippen LogP contribution >= 0.6 is 49.9 Å². The van der Waals surface area contributed by atoms with E-state index >= 15 is 0 Å². The molecule has 1 atom stereocenters. The average Bonchev–Trinajstić information content (AvgIpc) is 2.55. The molecule has 90 valence electrons. The van der Waals surface area contributed by atoms with Gasteiger partial charge in [-0.25, -0.2) is 0 Å². The van der Waals surface area contributed by atoms with Crippen LogP contribution in [0.15, 0.2) is 9.85 Å². The number of halogens is 2. The minimum Gasteiger partial charge on any atom is -0.348 e. The van der Waals surface area contributed by atoms with E-state index in [1.54, 1.807) is 0 Å². The molecule has 0 radical (unpaired) electrons. The molecule has 0 saturated heterocycles. The summed E-state index contributed by atoms with van der Waals surface area (Å²) in [5.41, 5.74) is 1.12. The van der Waals surface area contributed by atoms with Crippen molar-refractivity contribution in [3.05, 3.63) is 20.3 Å². The summed E-state index contributed by atoms with van der Waals surface area (Å²) in [4.78, 5) is 12.7. The van der Waals surface area contributed by atoms with Crippen LogP contribution in [0.25, 0.3) is 0 Å². The Morgan fingerprint density at radius 1 is 1.62 bits per heavy atom. The van der Waals surface area contributed by atoms with Crippen LogP contribution in [0, 0.1) is 12.8 Å². The first-order chi connectivity index (χ1) is 7.45. The predicted molar refractivity (Wildman–Crippen MR) is 81.7 cm³/mol. The van der Waals surface area contributed by atoms with Gasteiger partial charge in [0.25, 0.3) is 5.91 Å². The van der Waals surface area contributed by atoms with Gasteiger partial charge in [0.1, 0.15) is 0 Å². The number of carbonyl (C=O) groups excluding carboxylic acids is 1.